The number of nitrogens with zero attached hydrogens (tertiary/aromatic N) is 3. The van der Waals surface area contributed by atoms with Crippen molar-refractivity contribution in [2.75, 3.05) is 18.0 Å². The van der Waals surface area contributed by atoms with E-state index in [2.05, 4.69) is 15.3 Å². The number of hydrogen-bond acceptors (Lipinski definition) is 5. The van der Waals surface area contributed by atoms with Gasteiger partial charge >= 0.3 is 0 Å². The lowest BCUT2D eigenvalue weighted by molar-refractivity contribution is 0.0951. The Bertz CT molecular complexity index is 974. The number of nitrogens with one attached hydrogen (secondary N) is 1. The Labute approximate surface area is 161 Å². The van der Waals surface area contributed by atoms with Crippen molar-refractivity contribution < 1.29 is 4.79 Å². The van der Waals surface area contributed by atoms with Crippen LogP contribution in [0.1, 0.15) is 28.1 Å². The fourth-order valence-electron chi connectivity index (χ4n) is 3.14. The lowest BCUT2D eigenvalue weighted by Crippen LogP contribution is -2.26. The Kier molecular flexibility index (Phi) is 5.02. The van der Waals surface area contributed by atoms with Gasteiger partial charge in [-0.2, -0.15) is 4.68 Å². The minimum absolute atomic E-state index is 0.138. The molecule has 2 aromatic heterocycles. The number of hydrogen-bond donors (Lipinski definition) is 1. The summed E-state index contributed by atoms with van der Waals surface area (Å²) in [7, 11) is 0. The highest BCUT2D eigenvalue weighted by molar-refractivity contribution is 7.09. The minimum atomic E-state index is -0.187. The zero-order chi connectivity index (χ0) is 18.6. The number of anilines is 1. The number of amides is 1. The van der Waals surface area contributed by atoms with Crippen molar-refractivity contribution in [1.29, 1.82) is 0 Å². The summed E-state index contributed by atoms with van der Waals surface area (Å²) in [5.74, 6) is 0.672. The Morgan fingerprint density at radius 2 is 1.85 bits per heavy atom. The van der Waals surface area contributed by atoms with Crippen molar-refractivity contribution in [1.82, 2.24) is 15.1 Å². The maximum atomic E-state index is 12.3. The molecule has 7 heteroatoms. The first kappa shape index (κ1) is 17.5. The van der Waals surface area contributed by atoms with Crippen molar-refractivity contribution >= 4 is 23.1 Å². The van der Waals surface area contributed by atoms with Crippen LogP contribution < -0.4 is 15.8 Å². The smallest absolute Gasteiger partial charge is 0.271 e. The van der Waals surface area contributed by atoms with Crippen LogP contribution >= 0.6 is 11.3 Å². The topological polar surface area (TPSA) is 67.2 Å². The Hall–Kier alpha value is -2.93. The molecule has 1 aliphatic rings. The van der Waals surface area contributed by atoms with Gasteiger partial charge in [-0.25, -0.2) is 0 Å². The molecule has 1 saturated heterocycles. The van der Waals surface area contributed by atoms with Gasteiger partial charge in [0.2, 0.25) is 0 Å². The number of benzene rings is 1. The first-order valence-corrected chi connectivity index (χ1v) is 9.85. The molecule has 0 atom stereocenters. The standard InChI is InChI=1S/C20H20N4O2S/c25-19-10-9-18(23-11-1-2-12-23)22-24(19)16-7-5-15(6-8-16)20(26)21-14-17-4-3-13-27-17/h3-10,13H,1-2,11-12,14H2,(H,21,26). The Balaban J connectivity index is 1.50. The second kappa shape index (κ2) is 7.75. The van der Waals surface area contributed by atoms with Crippen molar-refractivity contribution in [2.24, 2.45) is 0 Å². The zero-order valence-corrected chi connectivity index (χ0v) is 15.6. The van der Waals surface area contributed by atoms with E-state index in [1.807, 2.05) is 17.5 Å². The second-order valence-electron chi connectivity index (χ2n) is 6.44. The Morgan fingerprint density at radius 3 is 2.56 bits per heavy atom. The maximum absolute atomic E-state index is 12.3. The lowest BCUT2D eigenvalue weighted by atomic mass is 10.2. The molecule has 0 unspecified atom stereocenters. The molecule has 1 fully saturated rings. The van der Waals surface area contributed by atoms with E-state index in [-0.39, 0.29) is 11.5 Å². The Morgan fingerprint density at radius 1 is 1.07 bits per heavy atom. The van der Waals surface area contributed by atoms with Gasteiger partial charge in [-0.05, 0) is 54.6 Å². The molecule has 1 amide bonds. The third-order valence-electron chi connectivity index (χ3n) is 4.59. The van der Waals surface area contributed by atoms with E-state index >= 15 is 0 Å². The fourth-order valence-corrected chi connectivity index (χ4v) is 3.78. The molecule has 1 N–H and O–H groups in total. The molecular formula is C20H20N4O2S. The zero-order valence-electron chi connectivity index (χ0n) is 14.8. The van der Waals surface area contributed by atoms with Crippen molar-refractivity contribution in [3.8, 4) is 5.69 Å². The first-order chi connectivity index (χ1) is 13.2. The van der Waals surface area contributed by atoms with Crippen LogP contribution in [0.15, 0.2) is 58.7 Å². The lowest BCUT2D eigenvalue weighted by Gasteiger charge is -2.17. The summed E-state index contributed by atoms with van der Waals surface area (Å²) in [6.45, 7) is 2.44. The molecule has 3 aromatic rings. The van der Waals surface area contributed by atoms with Gasteiger partial charge in [-0.15, -0.1) is 16.4 Å². The van der Waals surface area contributed by atoms with E-state index in [0.29, 0.717) is 17.8 Å². The molecule has 0 bridgehead atoms. The summed E-state index contributed by atoms with van der Waals surface area (Å²) >= 11 is 1.61. The van der Waals surface area contributed by atoms with Gasteiger partial charge in [-0.1, -0.05) is 6.07 Å². The van der Waals surface area contributed by atoms with Gasteiger partial charge in [-0.3, -0.25) is 9.59 Å². The maximum Gasteiger partial charge on any atom is 0.271 e. The van der Waals surface area contributed by atoms with E-state index < -0.39 is 0 Å². The van der Waals surface area contributed by atoms with Crippen LogP contribution in [-0.2, 0) is 6.54 Å². The summed E-state index contributed by atoms with van der Waals surface area (Å²) < 4.78 is 1.39. The fraction of sp³-hybridized carbons (Fsp3) is 0.250. The summed E-state index contributed by atoms with van der Waals surface area (Å²) in [5, 5.41) is 9.38. The normalized spacial score (nSPS) is 13.7. The van der Waals surface area contributed by atoms with Crippen LogP contribution in [0.25, 0.3) is 5.69 Å². The van der Waals surface area contributed by atoms with Crippen LogP contribution in [-0.4, -0.2) is 28.8 Å². The third kappa shape index (κ3) is 3.93. The van der Waals surface area contributed by atoms with E-state index in [0.717, 1.165) is 36.6 Å². The number of carbonyl (C=O) groups excluding carboxylic acids is 1. The molecule has 138 valence electrons. The number of rotatable bonds is 5. The predicted molar refractivity (Wildman–Crippen MR) is 107 cm³/mol. The molecule has 4 rings (SSSR count). The van der Waals surface area contributed by atoms with E-state index in [4.69, 9.17) is 0 Å². The molecule has 6 nitrogen and oxygen atoms in total. The van der Waals surface area contributed by atoms with Gasteiger partial charge in [0.05, 0.1) is 12.2 Å². The third-order valence-corrected chi connectivity index (χ3v) is 5.47. The molecule has 0 spiro atoms. The van der Waals surface area contributed by atoms with Crippen molar-refractivity contribution in [2.45, 2.75) is 19.4 Å². The quantitative estimate of drug-likeness (QED) is 0.739. The SMILES string of the molecule is O=C(NCc1cccs1)c1ccc(-n2nc(N3CCCC3)ccc2=O)cc1. The molecule has 0 aliphatic carbocycles. The molecule has 1 aliphatic heterocycles. The molecule has 3 heterocycles. The molecular weight excluding hydrogens is 360 g/mol. The second-order valence-corrected chi connectivity index (χ2v) is 7.48. The summed E-state index contributed by atoms with van der Waals surface area (Å²) in [5.41, 5.74) is 1.02. The van der Waals surface area contributed by atoms with Gasteiger partial charge in [0.1, 0.15) is 5.82 Å². The van der Waals surface area contributed by atoms with Gasteiger partial charge in [0.15, 0.2) is 0 Å². The van der Waals surface area contributed by atoms with E-state index in [1.54, 1.807) is 47.7 Å². The molecule has 1 aromatic carbocycles. The van der Waals surface area contributed by atoms with Crippen LogP contribution in [0.2, 0.25) is 0 Å². The highest BCUT2D eigenvalue weighted by Crippen LogP contribution is 2.17. The summed E-state index contributed by atoms with van der Waals surface area (Å²) in [6.07, 6.45) is 2.30. The minimum Gasteiger partial charge on any atom is -0.355 e. The molecule has 27 heavy (non-hydrogen) atoms. The monoisotopic (exact) mass is 380 g/mol. The van der Waals surface area contributed by atoms with E-state index in [1.165, 1.54) is 4.68 Å². The van der Waals surface area contributed by atoms with Gasteiger partial charge in [0.25, 0.3) is 11.5 Å². The highest BCUT2D eigenvalue weighted by Gasteiger charge is 2.15. The van der Waals surface area contributed by atoms with E-state index in [9.17, 15) is 9.59 Å². The number of carbonyl (C=O) groups is 1. The largest absolute Gasteiger partial charge is 0.355 e. The van der Waals surface area contributed by atoms with Crippen molar-refractivity contribution in [3.63, 3.8) is 0 Å². The average molecular weight is 380 g/mol. The molecule has 0 saturated carbocycles. The number of thiophene rings is 1. The first-order valence-electron chi connectivity index (χ1n) is 8.97. The highest BCUT2D eigenvalue weighted by atomic mass is 32.1. The number of aromatic nitrogens is 2. The molecule has 0 radical (unpaired) electrons. The van der Waals surface area contributed by atoms with Gasteiger partial charge < -0.3 is 10.2 Å². The van der Waals surface area contributed by atoms with Crippen LogP contribution in [0.5, 0.6) is 0 Å². The van der Waals surface area contributed by atoms with Crippen LogP contribution in [0.3, 0.4) is 0 Å². The predicted octanol–water partition coefficient (Wildman–Crippen LogP) is 2.82. The van der Waals surface area contributed by atoms with Crippen LogP contribution in [0, 0.1) is 0 Å². The van der Waals surface area contributed by atoms with Crippen molar-refractivity contribution in [3.05, 3.63) is 74.7 Å². The van der Waals surface area contributed by atoms with Crippen LogP contribution in [0.4, 0.5) is 5.82 Å². The average Bonchev–Trinajstić information content (AvgIpc) is 3.41. The summed E-state index contributed by atoms with van der Waals surface area (Å²) in [4.78, 5) is 27.8. The summed E-state index contributed by atoms with van der Waals surface area (Å²) in [6, 6.07) is 14.2. The van der Waals surface area contributed by atoms with Gasteiger partial charge in [0, 0.05) is 29.6 Å².